The molecule has 0 radical (unpaired) electrons. The van der Waals surface area contributed by atoms with Crippen molar-refractivity contribution in [1.29, 1.82) is 0 Å². The van der Waals surface area contributed by atoms with E-state index < -0.39 is 5.60 Å². The summed E-state index contributed by atoms with van der Waals surface area (Å²) in [5.74, 6) is 1.55. The minimum Gasteiger partial charge on any atom is -0.493 e. The monoisotopic (exact) mass is 487 g/mol. The molecule has 7 heteroatoms. The molecule has 1 saturated heterocycles. The van der Waals surface area contributed by atoms with Crippen LogP contribution >= 0.6 is 0 Å². The summed E-state index contributed by atoms with van der Waals surface area (Å²) < 4.78 is 13.5. The highest BCUT2D eigenvalue weighted by Gasteiger charge is 2.29. The molecular weight excluding hydrogens is 444 g/mol. The highest BCUT2D eigenvalue weighted by atomic mass is 16.6. The van der Waals surface area contributed by atoms with Crippen LogP contribution in [0.1, 0.15) is 64.9 Å². The number of amides is 1. The Morgan fingerprint density at radius 2 is 1.83 bits per heavy atom. The van der Waals surface area contributed by atoms with Crippen molar-refractivity contribution in [2.24, 2.45) is 11.8 Å². The van der Waals surface area contributed by atoms with Gasteiger partial charge >= 0.3 is 6.08 Å². The molecule has 1 aromatic rings. The number of carbonyl (C=O) groups excluding carboxylic acids is 1. The third-order valence-electron chi connectivity index (χ3n) is 6.78. The maximum atomic E-state index is 12.6. The highest BCUT2D eigenvalue weighted by Crippen LogP contribution is 2.32. The number of hydrogen-bond donors (Lipinski definition) is 2. The number of rotatable bonds is 8. The van der Waals surface area contributed by atoms with Crippen molar-refractivity contribution in [2.45, 2.75) is 64.9 Å². The van der Waals surface area contributed by atoms with Gasteiger partial charge in [-0.3, -0.25) is 4.79 Å². The Bertz CT molecular complexity index is 891. The molecular formula is C28H43N2O5+. The number of carbonyl (C=O) groups is 1. The van der Waals surface area contributed by atoms with Gasteiger partial charge in [-0.15, -0.1) is 0 Å². The molecule has 1 aliphatic heterocycles. The number of ether oxygens (including phenoxy) is 2. The lowest BCUT2D eigenvalue weighted by atomic mass is 9.86. The molecule has 0 spiro atoms. The molecule has 7 nitrogen and oxygen atoms in total. The molecule has 194 valence electrons. The zero-order valence-corrected chi connectivity index (χ0v) is 21.8. The van der Waals surface area contributed by atoms with Crippen LogP contribution in [0.2, 0.25) is 0 Å². The second kappa shape index (κ2) is 12.4. The first-order chi connectivity index (χ1) is 16.7. The summed E-state index contributed by atoms with van der Waals surface area (Å²) in [5.41, 5.74) is 2.08. The van der Waals surface area contributed by atoms with E-state index in [9.17, 15) is 9.90 Å². The average Bonchev–Trinajstić information content (AvgIpc) is 2.85. The fraction of sp³-hybridized carbons (Fsp3) is 0.643. The topological polar surface area (TPSA) is 82.2 Å². The minimum atomic E-state index is -0.402. The maximum Gasteiger partial charge on any atom is 0.547 e. The van der Waals surface area contributed by atoms with E-state index >= 15 is 0 Å². The Balaban J connectivity index is 1.44. The summed E-state index contributed by atoms with van der Waals surface area (Å²) in [6.07, 6.45) is 7.28. The number of piperidine rings is 1. The van der Waals surface area contributed by atoms with E-state index in [4.69, 9.17) is 14.6 Å². The summed E-state index contributed by atoms with van der Waals surface area (Å²) in [7, 11) is 1.82. The molecule has 2 N–H and O–H groups in total. The van der Waals surface area contributed by atoms with Gasteiger partial charge in [0.2, 0.25) is 5.91 Å². The summed E-state index contributed by atoms with van der Waals surface area (Å²) in [5, 5.41) is 19.2. The highest BCUT2D eigenvalue weighted by molar-refractivity contribution is 5.80. The molecule has 0 saturated carbocycles. The number of aliphatic hydroxyl groups is 2. The normalized spacial score (nSPS) is 20.7. The molecule has 1 heterocycles. The van der Waals surface area contributed by atoms with Gasteiger partial charge in [-0.2, -0.15) is 4.58 Å². The van der Waals surface area contributed by atoms with E-state index in [0.29, 0.717) is 25.5 Å². The van der Waals surface area contributed by atoms with Crippen molar-refractivity contribution in [2.75, 3.05) is 39.9 Å². The quantitative estimate of drug-likeness (QED) is 0.423. The van der Waals surface area contributed by atoms with Gasteiger partial charge < -0.3 is 24.6 Å². The Morgan fingerprint density at radius 3 is 2.40 bits per heavy atom. The van der Waals surface area contributed by atoms with Gasteiger partial charge in [0.1, 0.15) is 24.4 Å². The van der Waals surface area contributed by atoms with E-state index in [-0.39, 0.29) is 24.5 Å². The molecule has 1 aromatic carbocycles. The largest absolute Gasteiger partial charge is 0.547 e. The van der Waals surface area contributed by atoms with Crippen molar-refractivity contribution in [3.8, 4) is 5.75 Å². The van der Waals surface area contributed by atoms with E-state index in [1.165, 1.54) is 11.1 Å². The third kappa shape index (κ3) is 8.27. The van der Waals surface area contributed by atoms with Crippen molar-refractivity contribution in [3.63, 3.8) is 0 Å². The Hall–Kier alpha value is -2.54. The zero-order chi connectivity index (χ0) is 25.4. The van der Waals surface area contributed by atoms with Crippen LogP contribution < -0.4 is 4.74 Å². The van der Waals surface area contributed by atoms with Crippen LogP contribution in [0.25, 0.3) is 5.57 Å². The van der Waals surface area contributed by atoms with Crippen LogP contribution in [-0.2, 0) is 9.53 Å². The fourth-order valence-corrected chi connectivity index (χ4v) is 4.66. The number of hydrogen-bond acceptors (Lipinski definition) is 4. The van der Waals surface area contributed by atoms with Gasteiger partial charge in [-0.25, -0.2) is 0 Å². The van der Waals surface area contributed by atoms with Crippen LogP contribution in [0.5, 0.6) is 5.75 Å². The van der Waals surface area contributed by atoms with Crippen molar-refractivity contribution < 1.29 is 29.1 Å². The van der Waals surface area contributed by atoms with E-state index in [1.54, 1.807) is 4.90 Å². The lowest BCUT2D eigenvalue weighted by Crippen LogP contribution is -2.37. The second-order valence-electron chi connectivity index (χ2n) is 10.8. The third-order valence-corrected chi connectivity index (χ3v) is 6.78. The Kier molecular flexibility index (Phi) is 9.61. The summed E-state index contributed by atoms with van der Waals surface area (Å²) in [6.45, 7) is 8.71. The first-order valence-corrected chi connectivity index (χ1v) is 12.9. The molecule has 1 atom stereocenters. The van der Waals surface area contributed by atoms with E-state index in [2.05, 4.69) is 18.2 Å². The number of allylic oxidation sites excluding steroid dienone is 2. The lowest BCUT2D eigenvalue weighted by Gasteiger charge is -2.26. The molecule has 3 rings (SSSR count). The van der Waals surface area contributed by atoms with Gasteiger partial charge in [-0.05, 0) is 69.7 Å². The number of aliphatic hydroxyl groups excluding tert-OH is 2. The van der Waals surface area contributed by atoms with Gasteiger partial charge in [0.25, 0.3) is 0 Å². The summed E-state index contributed by atoms with van der Waals surface area (Å²) in [6, 6.07) is 8.27. The van der Waals surface area contributed by atoms with Crippen LogP contribution in [0, 0.1) is 11.8 Å². The van der Waals surface area contributed by atoms with Gasteiger partial charge in [0, 0.05) is 44.9 Å². The minimum absolute atomic E-state index is 0.0221. The molecule has 35 heavy (non-hydrogen) atoms. The van der Waals surface area contributed by atoms with Gasteiger partial charge in [-0.1, -0.05) is 18.2 Å². The maximum absolute atomic E-state index is 12.6. The van der Waals surface area contributed by atoms with Crippen molar-refractivity contribution in [1.82, 2.24) is 4.90 Å². The van der Waals surface area contributed by atoms with E-state index in [0.717, 1.165) is 50.9 Å². The molecule has 2 aliphatic rings. The SMILES string of the molecule is CN(CCCO)C(=O)C1CC=C(c2ccc(OCC3CC[N+](=C(O)OC(C)(C)C)CC3)cc2)CC1. The summed E-state index contributed by atoms with van der Waals surface area (Å²) >= 11 is 0. The van der Waals surface area contributed by atoms with Crippen LogP contribution in [0.4, 0.5) is 0 Å². The molecule has 0 bridgehead atoms. The number of nitrogens with zero attached hydrogens (tertiary/aromatic N) is 2. The standard InChI is InChI=1S/C28H42N2O5/c1-28(2,3)35-27(33)30-17-14-21(15-18-30)20-34-25-12-10-23(11-13-25)22-6-8-24(9-7-22)26(32)29(4)16-5-19-31/h6,10-13,21,24,31H,5,7-9,14-20H2,1-4H3/p+1. The predicted molar refractivity (Wildman–Crippen MR) is 138 cm³/mol. The van der Waals surface area contributed by atoms with Gasteiger partial charge in [0.15, 0.2) is 0 Å². The Labute approximate surface area is 210 Å². The first-order valence-electron chi connectivity index (χ1n) is 12.9. The molecule has 1 fully saturated rings. The zero-order valence-electron chi connectivity index (χ0n) is 21.8. The second-order valence-corrected chi connectivity index (χ2v) is 10.8. The van der Waals surface area contributed by atoms with Crippen LogP contribution in [0.3, 0.4) is 0 Å². The Morgan fingerprint density at radius 1 is 1.14 bits per heavy atom. The van der Waals surface area contributed by atoms with Crippen molar-refractivity contribution in [3.05, 3.63) is 35.9 Å². The average molecular weight is 488 g/mol. The fourth-order valence-electron chi connectivity index (χ4n) is 4.66. The number of benzene rings is 1. The van der Waals surface area contributed by atoms with E-state index in [1.807, 2.05) is 44.5 Å². The molecule has 0 aromatic heterocycles. The lowest BCUT2D eigenvalue weighted by molar-refractivity contribution is -0.558. The van der Waals surface area contributed by atoms with Crippen molar-refractivity contribution >= 4 is 17.6 Å². The molecule has 1 aliphatic carbocycles. The molecule has 1 amide bonds. The van der Waals surface area contributed by atoms with Crippen LogP contribution in [0.15, 0.2) is 30.3 Å². The smallest absolute Gasteiger partial charge is 0.493 e. The summed E-state index contributed by atoms with van der Waals surface area (Å²) in [4.78, 5) is 14.3. The molecule has 1 unspecified atom stereocenters. The van der Waals surface area contributed by atoms with Gasteiger partial charge in [0.05, 0.1) is 6.61 Å². The predicted octanol–water partition coefficient (Wildman–Crippen LogP) is 4.24. The van der Waals surface area contributed by atoms with Crippen LogP contribution in [-0.4, -0.2) is 77.2 Å². The first kappa shape index (κ1) is 27.1.